The summed E-state index contributed by atoms with van der Waals surface area (Å²) in [5.41, 5.74) is 1.15. The molecule has 2 heterocycles. The molecule has 0 saturated heterocycles. The van der Waals surface area contributed by atoms with Crippen LogP contribution < -0.4 is 10.9 Å². The standard InChI is InChI=1S/C20H17BrFN3O2S2/c1-2-8-25-19(27)17-12-4-3-5-15(12)29-18(17)24-20(25)28-10-16(26)23-14-7-6-11(21)9-13(14)22/h2,6-7,9H,1,3-5,8,10H2,(H,23,26). The predicted octanol–water partition coefficient (Wildman–Crippen LogP) is 4.77. The van der Waals surface area contributed by atoms with Crippen LogP contribution in [0, 0.1) is 5.82 Å². The van der Waals surface area contributed by atoms with Crippen LogP contribution in [-0.4, -0.2) is 21.2 Å². The van der Waals surface area contributed by atoms with Gasteiger partial charge in [0.25, 0.3) is 5.56 Å². The van der Waals surface area contributed by atoms with Crippen LogP contribution in [0.3, 0.4) is 0 Å². The van der Waals surface area contributed by atoms with Crippen LogP contribution in [0.15, 0.2) is 45.3 Å². The Morgan fingerprint density at radius 3 is 3.03 bits per heavy atom. The fraction of sp³-hybridized carbons (Fsp3) is 0.250. The summed E-state index contributed by atoms with van der Waals surface area (Å²) in [6.45, 7) is 4.04. The maximum absolute atomic E-state index is 13.9. The van der Waals surface area contributed by atoms with Gasteiger partial charge in [0.1, 0.15) is 10.6 Å². The number of nitrogens with one attached hydrogen (secondary N) is 1. The van der Waals surface area contributed by atoms with E-state index < -0.39 is 5.82 Å². The van der Waals surface area contributed by atoms with Crippen molar-refractivity contribution < 1.29 is 9.18 Å². The van der Waals surface area contributed by atoms with Crippen LogP contribution in [0.4, 0.5) is 10.1 Å². The number of carbonyl (C=O) groups is 1. The van der Waals surface area contributed by atoms with Gasteiger partial charge in [0.05, 0.1) is 16.8 Å². The first-order valence-electron chi connectivity index (χ1n) is 9.01. The third-order valence-electron chi connectivity index (χ3n) is 4.64. The summed E-state index contributed by atoms with van der Waals surface area (Å²) in [6, 6.07) is 4.43. The number of aromatic nitrogens is 2. The number of nitrogens with zero attached hydrogens (tertiary/aromatic N) is 2. The van der Waals surface area contributed by atoms with Gasteiger partial charge < -0.3 is 5.32 Å². The lowest BCUT2D eigenvalue weighted by molar-refractivity contribution is -0.113. The first-order chi connectivity index (χ1) is 14.0. The van der Waals surface area contributed by atoms with Crippen LogP contribution in [0.25, 0.3) is 10.2 Å². The molecule has 1 aliphatic carbocycles. The molecule has 1 aliphatic rings. The number of carbonyl (C=O) groups excluding carboxylic acids is 1. The SMILES string of the molecule is C=CCn1c(SCC(=O)Nc2ccc(Br)cc2F)nc2sc3c(c2c1=O)CCC3. The smallest absolute Gasteiger partial charge is 0.263 e. The third-order valence-corrected chi connectivity index (χ3v) is 7.29. The van der Waals surface area contributed by atoms with Gasteiger partial charge in [-0.1, -0.05) is 33.8 Å². The molecule has 29 heavy (non-hydrogen) atoms. The zero-order valence-electron chi connectivity index (χ0n) is 15.3. The van der Waals surface area contributed by atoms with Crippen molar-refractivity contribution in [3.05, 3.63) is 61.9 Å². The summed E-state index contributed by atoms with van der Waals surface area (Å²) >= 11 is 5.91. The van der Waals surface area contributed by atoms with Crippen LogP contribution in [0.1, 0.15) is 16.9 Å². The second kappa shape index (κ2) is 8.41. The minimum atomic E-state index is -0.520. The topological polar surface area (TPSA) is 64.0 Å². The maximum atomic E-state index is 13.9. The molecule has 150 valence electrons. The Morgan fingerprint density at radius 1 is 1.45 bits per heavy atom. The number of thiophene rings is 1. The molecule has 1 amide bonds. The zero-order chi connectivity index (χ0) is 20.5. The first-order valence-corrected chi connectivity index (χ1v) is 11.6. The van der Waals surface area contributed by atoms with Gasteiger partial charge in [0, 0.05) is 15.9 Å². The van der Waals surface area contributed by atoms with Gasteiger partial charge >= 0.3 is 0 Å². The highest BCUT2D eigenvalue weighted by Crippen LogP contribution is 2.35. The average Bonchev–Trinajstić information content (AvgIpc) is 3.25. The number of thioether (sulfide) groups is 1. The Kier molecular flexibility index (Phi) is 5.89. The number of halogens is 2. The van der Waals surface area contributed by atoms with Crippen molar-refractivity contribution >= 4 is 60.8 Å². The summed E-state index contributed by atoms with van der Waals surface area (Å²) in [7, 11) is 0. The van der Waals surface area contributed by atoms with E-state index in [0.29, 0.717) is 21.6 Å². The quantitative estimate of drug-likeness (QED) is 0.305. The Hall–Kier alpha value is -1.97. The van der Waals surface area contributed by atoms with E-state index >= 15 is 0 Å². The summed E-state index contributed by atoms with van der Waals surface area (Å²) in [5.74, 6) is -0.881. The average molecular weight is 494 g/mol. The highest BCUT2D eigenvalue weighted by molar-refractivity contribution is 9.10. The van der Waals surface area contributed by atoms with E-state index in [2.05, 4.69) is 32.8 Å². The molecule has 0 radical (unpaired) electrons. The van der Waals surface area contributed by atoms with Gasteiger partial charge in [-0.05, 0) is 43.0 Å². The summed E-state index contributed by atoms with van der Waals surface area (Å²) in [5, 5.41) is 3.72. The van der Waals surface area contributed by atoms with Gasteiger partial charge in [0.2, 0.25) is 5.91 Å². The monoisotopic (exact) mass is 493 g/mol. The number of anilines is 1. The second-order valence-electron chi connectivity index (χ2n) is 6.60. The van der Waals surface area contributed by atoms with E-state index in [1.54, 1.807) is 28.0 Å². The van der Waals surface area contributed by atoms with Gasteiger partial charge in [0.15, 0.2) is 5.16 Å². The van der Waals surface area contributed by atoms with Crippen molar-refractivity contribution in [2.24, 2.45) is 0 Å². The molecular weight excluding hydrogens is 477 g/mol. The van der Waals surface area contributed by atoms with Crippen LogP contribution in [0.2, 0.25) is 0 Å². The highest BCUT2D eigenvalue weighted by Gasteiger charge is 2.23. The number of rotatable bonds is 6. The van der Waals surface area contributed by atoms with Crippen molar-refractivity contribution in [2.45, 2.75) is 31.0 Å². The molecule has 5 nitrogen and oxygen atoms in total. The minimum absolute atomic E-state index is 0.00961. The summed E-state index contributed by atoms with van der Waals surface area (Å²) in [6.07, 6.45) is 4.61. The largest absolute Gasteiger partial charge is 0.323 e. The summed E-state index contributed by atoms with van der Waals surface area (Å²) in [4.78, 5) is 32.0. The first kappa shape index (κ1) is 20.3. The zero-order valence-corrected chi connectivity index (χ0v) is 18.6. The lowest BCUT2D eigenvalue weighted by Gasteiger charge is -2.11. The van der Waals surface area contributed by atoms with Crippen molar-refractivity contribution in [1.82, 2.24) is 9.55 Å². The normalized spacial score (nSPS) is 12.9. The fourth-order valence-electron chi connectivity index (χ4n) is 3.37. The third kappa shape index (κ3) is 4.04. The van der Waals surface area contributed by atoms with Gasteiger partial charge in [-0.25, -0.2) is 9.37 Å². The molecule has 0 unspecified atom stereocenters. The molecule has 0 bridgehead atoms. The minimum Gasteiger partial charge on any atom is -0.323 e. The Balaban J connectivity index is 1.58. The second-order valence-corrected chi connectivity index (χ2v) is 9.54. The van der Waals surface area contributed by atoms with E-state index in [1.165, 1.54) is 17.0 Å². The number of hydrogen-bond acceptors (Lipinski definition) is 5. The van der Waals surface area contributed by atoms with Gasteiger partial charge in [-0.2, -0.15) is 0 Å². The Morgan fingerprint density at radius 2 is 2.28 bits per heavy atom. The van der Waals surface area contributed by atoms with Crippen LogP contribution in [-0.2, 0) is 24.2 Å². The molecular formula is C20H17BrFN3O2S2. The number of amides is 1. The summed E-state index contributed by atoms with van der Waals surface area (Å²) < 4.78 is 16.1. The number of hydrogen-bond donors (Lipinski definition) is 1. The van der Waals surface area contributed by atoms with Crippen molar-refractivity contribution in [2.75, 3.05) is 11.1 Å². The van der Waals surface area contributed by atoms with E-state index in [-0.39, 0.29) is 22.9 Å². The lowest BCUT2D eigenvalue weighted by atomic mass is 10.2. The fourth-order valence-corrected chi connectivity index (χ4v) is 5.81. The highest BCUT2D eigenvalue weighted by atomic mass is 79.9. The molecule has 1 aromatic carbocycles. The molecule has 0 saturated carbocycles. The predicted molar refractivity (Wildman–Crippen MR) is 120 cm³/mol. The van der Waals surface area contributed by atoms with Crippen molar-refractivity contribution in [3.63, 3.8) is 0 Å². The number of benzene rings is 1. The molecule has 2 aromatic heterocycles. The van der Waals surface area contributed by atoms with Crippen molar-refractivity contribution in [3.8, 4) is 0 Å². The van der Waals surface area contributed by atoms with E-state index in [4.69, 9.17) is 0 Å². The molecule has 3 aromatic rings. The van der Waals surface area contributed by atoms with E-state index in [0.717, 1.165) is 41.4 Å². The molecule has 9 heteroatoms. The molecule has 0 atom stereocenters. The number of fused-ring (bicyclic) bond motifs is 3. The van der Waals surface area contributed by atoms with Gasteiger partial charge in [-0.15, -0.1) is 17.9 Å². The molecule has 0 aliphatic heterocycles. The molecule has 4 rings (SSSR count). The van der Waals surface area contributed by atoms with E-state index in [9.17, 15) is 14.0 Å². The Labute approximate surface area is 183 Å². The molecule has 0 spiro atoms. The molecule has 0 fully saturated rings. The molecule has 1 N–H and O–H groups in total. The van der Waals surface area contributed by atoms with Crippen molar-refractivity contribution in [1.29, 1.82) is 0 Å². The maximum Gasteiger partial charge on any atom is 0.263 e. The number of allylic oxidation sites excluding steroid dienone is 1. The van der Waals surface area contributed by atoms with Crippen LogP contribution >= 0.6 is 39.0 Å². The van der Waals surface area contributed by atoms with E-state index in [1.807, 2.05) is 0 Å². The number of aryl methyl sites for hydroxylation is 2. The van der Waals surface area contributed by atoms with Gasteiger partial charge in [-0.3, -0.25) is 14.2 Å². The Bertz CT molecular complexity index is 1190. The van der Waals surface area contributed by atoms with Crippen LogP contribution in [0.5, 0.6) is 0 Å². The lowest BCUT2D eigenvalue weighted by Crippen LogP contribution is -2.24.